The van der Waals surface area contributed by atoms with Gasteiger partial charge in [0.2, 0.25) is 10.0 Å². The summed E-state index contributed by atoms with van der Waals surface area (Å²) >= 11 is 0. The molecular weight excluding hydrogens is 210 g/mol. The van der Waals surface area contributed by atoms with Crippen molar-refractivity contribution >= 4 is 22.0 Å². The van der Waals surface area contributed by atoms with E-state index in [1.807, 2.05) is 5.32 Å². The molecule has 1 saturated heterocycles. The van der Waals surface area contributed by atoms with Crippen molar-refractivity contribution in [2.45, 2.75) is 13.0 Å². The lowest BCUT2D eigenvalue weighted by molar-refractivity contribution is -0.120. The molecule has 0 radical (unpaired) electrons. The second kappa shape index (κ2) is 3.93. The van der Waals surface area contributed by atoms with Crippen LogP contribution >= 0.6 is 0 Å². The molecule has 0 spiro atoms. The molecule has 0 bridgehead atoms. The van der Waals surface area contributed by atoms with E-state index in [4.69, 9.17) is 0 Å². The Balaban J connectivity index is 2.47. The van der Waals surface area contributed by atoms with Gasteiger partial charge in [-0.3, -0.25) is 10.1 Å². The molecule has 0 aromatic rings. The van der Waals surface area contributed by atoms with Crippen molar-refractivity contribution in [1.29, 1.82) is 0 Å². The number of nitrogens with one attached hydrogen (secondary N) is 3. The van der Waals surface area contributed by atoms with Crippen LogP contribution in [0.4, 0.5) is 4.79 Å². The van der Waals surface area contributed by atoms with Crippen LogP contribution in [0.25, 0.3) is 0 Å². The van der Waals surface area contributed by atoms with Crippen LogP contribution in [-0.2, 0) is 14.8 Å². The molecule has 7 nitrogen and oxygen atoms in total. The first-order valence-electron chi connectivity index (χ1n) is 4.03. The number of rotatable bonds is 4. The SMILES string of the molecule is CCS(=O)(=O)NCC1NC(=O)NC1=O. The molecule has 8 heteroatoms. The van der Waals surface area contributed by atoms with Crippen LogP contribution in [0.5, 0.6) is 0 Å². The zero-order valence-electron chi connectivity index (χ0n) is 7.53. The zero-order valence-corrected chi connectivity index (χ0v) is 8.35. The van der Waals surface area contributed by atoms with Crippen LogP contribution in [-0.4, -0.2) is 38.7 Å². The number of hydrogen-bond acceptors (Lipinski definition) is 4. The third-order valence-electron chi connectivity index (χ3n) is 1.75. The Morgan fingerprint density at radius 3 is 2.50 bits per heavy atom. The Labute approximate surface area is 81.3 Å². The Kier molecular flexibility index (Phi) is 3.06. The van der Waals surface area contributed by atoms with E-state index in [0.717, 1.165) is 0 Å². The van der Waals surface area contributed by atoms with E-state index in [1.165, 1.54) is 6.92 Å². The molecule has 3 amide bonds. The molecule has 1 heterocycles. The average molecular weight is 221 g/mol. The van der Waals surface area contributed by atoms with Crippen LogP contribution < -0.4 is 15.4 Å². The first-order chi connectivity index (χ1) is 6.44. The highest BCUT2D eigenvalue weighted by Gasteiger charge is 2.29. The number of hydrogen-bond donors (Lipinski definition) is 3. The molecule has 1 unspecified atom stereocenters. The summed E-state index contributed by atoms with van der Waals surface area (Å²) in [6.45, 7) is 1.36. The fraction of sp³-hybridized carbons (Fsp3) is 0.667. The van der Waals surface area contributed by atoms with Crippen molar-refractivity contribution in [2.24, 2.45) is 0 Å². The third kappa shape index (κ3) is 2.67. The fourth-order valence-electron chi connectivity index (χ4n) is 0.915. The maximum atomic E-state index is 11.0. The van der Waals surface area contributed by atoms with Gasteiger partial charge in [-0.25, -0.2) is 17.9 Å². The Hall–Kier alpha value is -1.15. The predicted molar refractivity (Wildman–Crippen MR) is 47.9 cm³/mol. The van der Waals surface area contributed by atoms with Gasteiger partial charge < -0.3 is 5.32 Å². The zero-order chi connectivity index (χ0) is 10.8. The van der Waals surface area contributed by atoms with Crippen molar-refractivity contribution < 1.29 is 18.0 Å². The van der Waals surface area contributed by atoms with Crippen LogP contribution in [0.1, 0.15) is 6.92 Å². The standard InChI is InChI=1S/C6H11N3O4S/c1-2-14(12,13)7-3-4-5(10)9-6(11)8-4/h4,7H,2-3H2,1H3,(H2,8,9,10,11). The predicted octanol–water partition coefficient (Wildman–Crippen LogP) is -1.87. The lowest BCUT2D eigenvalue weighted by Gasteiger charge is -2.07. The summed E-state index contributed by atoms with van der Waals surface area (Å²) in [6, 6.07) is -1.42. The molecule has 0 aromatic heterocycles. The molecule has 1 aliphatic rings. The fourth-order valence-corrected chi connectivity index (χ4v) is 1.54. The number of sulfonamides is 1. The van der Waals surface area contributed by atoms with Gasteiger partial charge in [-0.05, 0) is 6.92 Å². The van der Waals surface area contributed by atoms with Gasteiger partial charge >= 0.3 is 6.03 Å². The van der Waals surface area contributed by atoms with Crippen LogP contribution in [0.3, 0.4) is 0 Å². The molecule has 1 fully saturated rings. The maximum Gasteiger partial charge on any atom is 0.322 e. The molecule has 80 valence electrons. The van der Waals surface area contributed by atoms with Crippen LogP contribution in [0.2, 0.25) is 0 Å². The minimum Gasteiger partial charge on any atom is -0.325 e. The van der Waals surface area contributed by atoms with E-state index in [-0.39, 0.29) is 12.3 Å². The molecule has 1 rings (SSSR count). The van der Waals surface area contributed by atoms with Gasteiger partial charge in [-0.1, -0.05) is 0 Å². The Morgan fingerprint density at radius 1 is 1.43 bits per heavy atom. The van der Waals surface area contributed by atoms with Crippen molar-refractivity contribution in [3.05, 3.63) is 0 Å². The van der Waals surface area contributed by atoms with Crippen molar-refractivity contribution in [1.82, 2.24) is 15.4 Å². The number of imide groups is 1. The first kappa shape index (κ1) is 10.9. The minimum atomic E-state index is -3.33. The lowest BCUT2D eigenvalue weighted by Crippen LogP contribution is -2.42. The summed E-state index contributed by atoms with van der Waals surface area (Å²) in [7, 11) is -3.33. The Bertz CT molecular complexity index is 350. The highest BCUT2D eigenvalue weighted by atomic mass is 32.2. The first-order valence-corrected chi connectivity index (χ1v) is 5.68. The van der Waals surface area contributed by atoms with Crippen molar-refractivity contribution in [2.75, 3.05) is 12.3 Å². The molecule has 3 N–H and O–H groups in total. The molecule has 0 aromatic carbocycles. The summed E-state index contributed by atoms with van der Waals surface area (Å²) in [4.78, 5) is 21.6. The summed E-state index contributed by atoms with van der Waals surface area (Å²) in [5.74, 6) is -0.580. The molecule has 1 aliphatic heterocycles. The van der Waals surface area contributed by atoms with E-state index >= 15 is 0 Å². The number of carbonyl (C=O) groups excluding carboxylic acids is 2. The lowest BCUT2D eigenvalue weighted by atomic mass is 10.3. The largest absolute Gasteiger partial charge is 0.325 e. The van der Waals surface area contributed by atoms with E-state index < -0.39 is 28.0 Å². The maximum absolute atomic E-state index is 11.0. The number of amides is 3. The molecule has 0 aliphatic carbocycles. The van der Waals surface area contributed by atoms with E-state index in [2.05, 4.69) is 10.0 Å². The topological polar surface area (TPSA) is 104 Å². The van der Waals surface area contributed by atoms with Crippen molar-refractivity contribution in [3.63, 3.8) is 0 Å². The van der Waals surface area contributed by atoms with Crippen LogP contribution in [0, 0.1) is 0 Å². The normalized spacial score (nSPS) is 21.9. The molecular formula is C6H11N3O4S. The number of urea groups is 1. The highest BCUT2D eigenvalue weighted by Crippen LogP contribution is 1.92. The number of carbonyl (C=O) groups is 2. The summed E-state index contributed by atoms with van der Waals surface area (Å²) < 4.78 is 24.2. The van der Waals surface area contributed by atoms with E-state index in [0.29, 0.717) is 0 Å². The van der Waals surface area contributed by atoms with E-state index in [9.17, 15) is 18.0 Å². The third-order valence-corrected chi connectivity index (χ3v) is 3.11. The molecule has 0 saturated carbocycles. The van der Waals surface area contributed by atoms with Gasteiger partial charge in [0.1, 0.15) is 6.04 Å². The summed E-state index contributed by atoms with van der Waals surface area (Å²) in [6.07, 6.45) is 0. The summed E-state index contributed by atoms with van der Waals surface area (Å²) in [5.41, 5.74) is 0. The van der Waals surface area contributed by atoms with Gasteiger partial charge in [0.15, 0.2) is 0 Å². The molecule has 14 heavy (non-hydrogen) atoms. The van der Waals surface area contributed by atoms with E-state index in [1.54, 1.807) is 0 Å². The smallest absolute Gasteiger partial charge is 0.322 e. The molecule has 1 atom stereocenters. The second-order valence-electron chi connectivity index (χ2n) is 2.77. The van der Waals surface area contributed by atoms with Crippen molar-refractivity contribution in [3.8, 4) is 0 Å². The van der Waals surface area contributed by atoms with Gasteiger partial charge in [0.05, 0.1) is 5.75 Å². The monoisotopic (exact) mass is 221 g/mol. The van der Waals surface area contributed by atoms with Gasteiger partial charge in [0, 0.05) is 6.54 Å². The highest BCUT2D eigenvalue weighted by molar-refractivity contribution is 7.89. The van der Waals surface area contributed by atoms with Crippen LogP contribution in [0.15, 0.2) is 0 Å². The average Bonchev–Trinajstić information content (AvgIpc) is 2.42. The van der Waals surface area contributed by atoms with Gasteiger partial charge in [-0.15, -0.1) is 0 Å². The van der Waals surface area contributed by atoms with Gasteiger partial charge in [0.25, 0.3) is 5.91 Å². The minimum absolute atomic E-state index is 0.0602. The Morgan fingerprint density at radius 2 is 2.07 bits per heavy atom. The quantitative estimate of drug-likeness (QED) is 0.484. The second-order valence-corrected chi connectivity index (χ2v) is 4.86. The van der Waals surface area contributed by atoms with Gasteiger partial charge in [-0.2, -0.15) is 0 Å². The summed E-state index contributed by atoms with van der Waals surface area (Å²) in [5, 5.41) is 4.27.